The van der Waals surface area contributed by atoms with Crippen molar-refractivity contribution < 1.29 is 0 Å². The van der Waals surface area contributed by atoms with Crippen molar-refractivity contribution in [3.8, 4) is 10.4 Å². The van der Waals surface area contributed by atoms with Crippen molar-refractivity contribution in [2.75, 3.05) is 0 Å². The summed E-state index contributed by atoms with van der Waals surface area (Å²) >= 11 is 8.56. The fourth-order valence-electron chi connectivity index (χ4n) is 2.91. The number of hydrogen-bond acceptors (Lipinski definition) is 4. The molecular weight excluding hydrogens is 451 g/mol. The lowest BCUT2D eigenvalue weighted by atomic mass is 9.62. The summed E-state index contributed by atoms with van der Waals surface area (Å²) in [6.07, 6.45) is 1.68. The highest BCUT2D eigenvalue weighted by atomic mass is 79.9. The predicted octanol–water partition coefficient (Wildman–Crippen LogP) is 5.18. The van der Waals surface area contributed by atoms with E-state index in [2.05, 4.69) is 50.7 Å². The van der Waals surface area contributed by atoms with Gasteiger partial charge >= 0.3 is 0 Å². The van der Waals surface area contributed by atoms with Crippen LogP contribution >= 0.6 is 43.2 Å². The van der Waals surface area contributed by atoms with E-state index >= 15 is 0 Å². The van der Waals surface area contributed by atoms with E-state index in [-0.39, 0.29) is 0 Å². The second kappa shape index (κ2) is 6.54. The van der Waals surface area contributed by atoms with Gasteiger partial charge in [0.25, 0.3) is 0 Å². The molecule has 2 radical (unpaired) electrons. The molecule has 0 unspecified atom stereocenters. The van der Waals surface area contributed by atoms with Crippen LogP contribution in [0.5, 0.6) is 0 Å². The first-order valence-electron chi connectivity index (χ1n) is 7.79. The highest BCUT2D eigenvalue weighted by Crippen LogP contribution is 2.40. The van der Waals surface area contributed by atoms with E-state index in [1.807, 2.05) is 24.4 Å². The Bertz CT molecular complexity index is 915. The van der Waals surface area contributed by atoms with Crippen molar-refractivity contribution in [2.24, 2.45) is 0 Å². The largest absolute Gasteiger partial charge is 0.233 e. The first-order chi connectivity index (χ1) is 11.3. The fraction of sp³-hybridized carbons (Fsp3) is 0.438. The molecule has 3 aromatic heterocycles. The van der Waals surface area contributed by atoms with Crippen molar-refractivity contribution in [3.63, 3.8) is 0 Å². The second-order valence-corrected chi connectivity index (χ2v) is 8.95. The smallest absolute Gasteiger partial charge is 0.164 e. The zero-order valence-electron chi connectivity index (χ0n) is 14.0. The minimum Gasteiger partial charge on any atom is -0.233 e. The number of thiazole rings is 1. The van der Waals surface area contributed by atoms with Crippen LogP contribution in [0.1, 0.15) is 43.8 Å². The van der Waals surface area contributed by atoms with E-state index in [4.69, 9.17) is 17.9 Å². The number of halogens is 2. The van der Waals surface area contributed by atoms with Gasteiger partial charge in [-0.15, -0.1) is 11.3 Å². The molecule has 0 bridgehead atoms. The fourth-order valence-corrected chi connectivity index (χ4v) is 5.32. The predicted molar refractivity (Wildman–Crippen MR) is 107 cm³/mol. The van der Waals surface area contributed by atoms with E-state index in [0.717, 1.165) is 54.5 Å². The number of fused-ring (bicyclic) bond motifs is 1. The number of nitrogens with zero attached hydrogens (tertiary/aromatic N) is 4. The molecule has 0 spiro atoms. The summed E-state index contributed by atoms with van der Waals surface area (Å²) < 4.78 is 3.53. The second-order valence-electron chi connectivity index (χ2n) is 5.93. The van der Waals surface area contributed by atoms with Gasteiger partial charge in [0, 0.05) is 11.4 Å². The highest BCUT2D eigenvalue weighted by molar-refractivity contribution is 9.11. The quantitative estimate of drug-likeness (QED) is 0.496. The van der Waals surface area contributed by atoms with Gasteiger partial charge in [-0.25, -0.2) is 14.5 Å². The molecule has 0 amide bonds. The van der Waals surface area contributed by atoms with Crippen molar-refractivity contribution in [3.05, 3.63) is 31.7 Å². The topological polar surface area (TPSA) is 43.1 Å². The molecule has 0 aliphatic rings. The molecule has 0 fully saturated rings. The third-order valence-electron chi connectivity index (χ3n) is 4.45. The number of hydrogen-bond donors (Lipinski definition) is 0. The minimum atomic E-state index is -0.423. The van der Waals surface area contributed by atoms with Gasteiger partial charge in [-0.2, -0.15) is 5.10 Å². The van der Waals surface area contributed by atoms with Gasteiger partial charge in [0.15, 0.2) is 9.56 Å². The summed E-state index contributed by atoms with van der Waals surface area (Å²) in [5.41, 5.74) is 4.69. The van der Waals surface area contributed by atoms with E-state index in [9.17, 15) is 0 Å². The zero-order chi connectivity index (χ0) is 17.6. The van der Waals surface area contributed by atoms with Crippen molar-refractivity contribution in [2.45, 2.75) is 45.9 Å². The summed E-state index contributed by atoms with van der Waals surface area (Å²) in [6, 6.07) is 2.05. The van der Waals surface area contributed by atoms with Crippen LogP contribution in [0, 0.1) is 13.8 Å². The molecule has 3 aromatic rings. The third-order valence-corrected chi connectivity index (χ3v) is 6.81. The maximum Gasteiger partial charge on any atom is 0.164 e. The molecule has 0 saturated carbocycles. The Balaban J connectivity index is 2.37. The summed E-state index contributed by atoms with van der Waals surface area (Å²) in [4.78, 5) is 10.2. The summed E-state index contributed by atoms with van der Waals surface area (Å²) in [5.74, 6) is 0. The molecule has 8 heteroatoms. The van der Waals surface area contributed by atoms with Crippen molar-refractivity contribution >= 4 is 56.7 Å². The van der Waals surface area contributed by atoms with Crippen LogP contribution in [0.15, 0.2) is 14.6 Å². The van der Waals surface area contributed by atoms with Crippen LogP contribution in [0.3, 0.4) is 0 Å². The lowest BCUT2D eigenvalue weighted by molar-refractivity contribution is 0.530. The summed E-state index contributed by atoms with van der Waals surface area (Å²) in [7, 11) is 6.67. The van der Waals surface area contributed by atoms with E-state index in [1.165, 1.54) is 0 Å². The summed E-state index contributed by atoms with van der Waals surface area (Å²) in [5, 5.41) is 4.34. The molecule has 0 N–H and O–H groups in total. The highest BCUT2D eigenvalue weighted by Gasteiger charge is 2.28. The van der Waals surface area contributed by atoms with Gasteiger partial charge in [0.1, 0.15) is 4.60 Å². The van der Waals surface area contributed by atoms with Crippen LogP contribution < -0.4 is 0 Å². The molecule has 0 saturated heterocycles. The molecule has 3 rings (SSSR count). The maximum atomic E-state index is 6.67. The number of aryl methyl sites for hydroxylation is 2. The molecule has 4 nitrogen and oxygen atoms in total. The Morgan fingerprint density at radius 1 is 1.21 bits per heavy atom. The van der Waals surface area contributed by atoms with Gasteiger partial charge in [-0.3, -0.25) is 0 Å². The standard InChI is InChI=1S/C16H17BBr2N4S/c1-5-16(17,6-2)10-7-8(3)20-14-11(9(4)22-23(10)14)12-13(18)21-15(19)24-12/h7H,5-6H2,1-4H3. The van der Waals surface area contributed by atoms with E-state index in [0.29, 0.717) is 0 Å². The molecule has 3 heterocycles. The first kappa shape index (κ1) is 18.1. The lowest BCUT2D eigenvalue weighted by Crippen LogP contribution is -2.28. The molecule has 0 aromatic carbocycles. The molecular formula is C16H17BBr2N4S. The van der Waals surface area contributed by atoms with Crippen LogP contribution in [0.25, 0.3) is 16.1 Å². The van der Waals surface area contributed by atoms with Crippen LogP contribution in [-0.4, -0.2) is 27.4 Å². The normalized spacial score (nSPS) is 12.2. The average molecular weight is 468 g/mol. The van der Waals surface area contributed by atoms with Crippen LogP contribution in [0.2, 0.25) is 0 Å². The maximum absolute atomic E-state index is 6.67. The molecule has 0 aliphatic heterocycles. The Hall–Kier alpha value is -0.725. The number of rotatable bonds is 4. The molecule has 0 atom stereocenters. The van der Waals surface area contributed by atoms with Crippen molar-refractivity contribution in [1.82, 2.24) is 19.6 Å². The monoisotopic (exact) mass is 466 g/mol. The zero-order valence-corrected chi connectivity index (χ0v) is 18.0. The number of aromatic nitrogens is 4. The van der Waals surface area contributed by atoms with Crippen molar-refractivity contribution in [1.29, 1.82) is 0 Å². The Morgan fingerprint density at radius 2 is 1.88 bits per heavy atom. The molecule has 124 valence electrons. The third kappa shape index (κ3) is 2.86. The van der Waals surface area contributed by atoms with Gasteiger partial charge in [0.2, 0.25) is 0 Å². The Morgan fingerprint density at radius 3 is 2.42 bits per heavy atom. The minimum absolute atomic E-state index is 0.423. The Labute approximate surface area is 163 Å². The van der Waals surface area contributed by atoms with Crippen LogP contribution in [0.4, 0.5) is 0 Å². The summed E-state index contributed by atoms with van der Waals surface area (Å²) in [6.45, 7) is 8.22. The Kier molecular flexibility index (Phi) is 4.92. The first-order valence-corrected chi connectivity index (χ1v) is 10.2. The molecule has 24 heavy (non-hydrogen) atoms. The van der Waals surface area contributed by atoms with Gasteiger partial charge in [0.05, 0.1) is 24.0 Å². The van der Waals surface area contributed by atoms with Gasteiger partial charge in [-0.05, 0) is 57.1 Å². The average Bonchev–Trinajstić information content (AvgIpc) is 3.03. The SMILES string of the molecule is [B]C(CC)(CC)c1cc(C)nc2c(-c3sc(Br)nc3Br)c(C)nn12. The van der Waals surface area contributed by atoms with Gasteiger partial charge in [-0.1, -0.05) is 26.7 Å². The van der Waals surface area contributed by atoms with E-state index in [1.54, 1.807) is 11.3 Å². The van der Waals surface area contributed by atoms with E-state index < -0.39 is 5.31 Å². The molecule has 0 aliphatic carbocycles. The van der Waals surface area contributed by atoms with Crippen LogP contribution in [-0.2, 0) is 5.31 Å². The van der Waals surface area contributed by atoms with Gasteiger partial charge < -0.3 is 0 Å². The lowest BCUT2D eigenvalue weighted by Gasteiger charge is -2.28.